The van der Waals surface area contributed by atoms with Gasteiger partial charge in [-0.25, -0.2) is 4.98 Å². The summed E-state index contributed by atoms with van der Waals surface area (Å²) in [6.07, 6.45) is 4.01. The lowest BCUT2D eigenvalue weighted by Gasteiger charge is -2.02. The van der Waals surface area contributed by atoms with E-state index in [0.717, 1.165) is 17.8 Å². The molecule has 0 unspecified atom stereocenters. The zero-order valence-electron chi connectivity index (χ0n) is 9.39. The lowest BCUT2D eigenvalue weighted by molar-refractivity contribution is -0.121. The highest BCUT2D eigenvalue weighted by atomic mass is 32.1. The highest BCUT2D eigenvalue weighted by Crippen LogP contribution is 2.10. The molecule has 0 saturated carbocycles. The summed E-state index contributed by atoms with van der Waals surface area (Å²) in [5, 5.41) is 7.98. The average molecular weight is 266 g/mol. The summed E-state index contributed by atoms with van der Waals surface area (Å²) in [7, 11) is 0. The molecule has 0 saturated heterocycles. The summed E-state index contributed by atoms with van der Waals surface area (Å²) < 4.78 is 0. The minimum Gasteiger partial charge on any atom is -0.356 e. The van der Waals surface area contributed by atoms with Crippen molar-refractivity contribution in [3.63, 3.8) is 0 Å². The van der Waals surface area contributed by atoms with Gasteiger partial charge in [-0.2, -0.15) is 0 Å². The fraction of sp³-hybridized carbons (Fsp3) is 0.333. The molecule has 0 radical (unpaired) electrons. The zero-order valence-corrected chi connectivity index (χ0v) is 11.0. The minimum atomic E-state index is 0.120. The van der Waals surface area contributed by atoms with Crippen molar-refractivity contribution in [3.8, 4) is 0 Å². The summed E-state index contributed by atoms with van der Waals surface area (Å²) in [5.74, 6) is 0.120. The molecule has 0 bridgehead atoms. The number of aryl methyl sites for hydroxylation is 1. The number of thiazole rings is 1. The van der Waals surface area contributed by atoms with Crippen molar-refractivity contribution in [3.05, 3.63) is 39.0 Å². The third-order valence-corrected chi connectivity index (χ3v) is 4.10. The fourth-order valence-corrected chi connectivity index (χ4v) is 2.79. The molecule has 90 valence electrons. The van der Waals surface area contributed by atoms with Gasteiger partial charge in [-0.05, 0) is 17.9 Å². The Kier molecular flexibility index (Phi) is 4.70. The number of amides is 1. The summed E-state index contributed by atoms with van der Waals surface area (Å²) in [6.45, 7) is 0.677. The van der Waals surface area contributed by atoms with Crippen LogP contribution in [0, 0.1) is 0 Å². The van der Waals surface area contributed by atoms with Gasteiger partial charge in [0.1, 0.15) is 0 Å². The Hall–Kier alpha value is -1.20. The van der Waals surface area contributed by atoms with Gasteiger partial charge in [-0.3, -0.25) is 4.79 Å². The van der Waals surface area contributed by atoms with E-state index in [0.29, 0.717) is 13.0 Å². The lowest BCUT2D eigenvalue weighted by atomic mass is 10.2. The second-order valence-corrected chi connectivity index (χ2v) is 5.62. The quantitative estimate of drug-likeness (QED) is 0.873. The molecule has 0 aliphatic rings. The van der Waals surface area contributed by atoms with Crippen molar-refractivity contribution in [1.29, 1.82) is 0 Å². The Labute approximate surface area is 109 Å². The fourth-order valence-electron chi connectivity index (χ4n) is 1.47. The van der Waals surface area contributed by atoms with E-state index >= 15 is 0 Å². The predicted octanol–water partition coefficient (Wildman–Crippen LogP) is 2.50. The van der Waals surface area contributed by atoms with E-state index in [1.54, 1.807) is 28.9 Å². The molecule has 2 aromatic rings. The second kappa shape index (κ2) is 6.51. The standard InChI is InChI=1S/C12H14N2OS2/c15-11(4-3-10-2-1-8-16-10)13-6-5-12-14-7-9-17-12/h1-2,7-9H,3-6H2,(H,13,15). The Bertz CT molecular complexity index is 437. The van der Waals surface area contributed by atoms with Gasteiger partial charge in [0.25, 0.3) is 0 Å². The Balaban J connectivity index is 1.61. The van der Waals surface area contributed by atoms with E-state index in [-0.39, 0.29) is 5.91 Å². The first-order valence-electron chi connectivity index (χ1n) is 5.52. The van der Waals surface area contributed by atoms with E-state index in [2.05, 4.69) is 16.4 Å². The van der Waals surface area contributed by atoms with Crippen LogP contribution in [0.3, 0.4) is 0 Å². The number of carbonyl (C=O) groups is 1. The van der Waals surface area contributed by atoms with E-state index in [1.165, 1.54) is 4.88 Å². The zero-order chi connectivity index (χ0) is 11.9. The van der Waals surface area contributed by atoms with E-state index in [4.69, 9.17) is 0 Å². The van der Waals surface area contributed by atoms with Gasteiger partial charge in [-0.1, -0.05) is 6.07 Å². The smallest absolute Gasteiger partial charge is 0.220 e. The molecule has 1 amide bonds. The maximum atomic E-state index is 11.5. The number of aromatic nitrogens is 1. The molecule has 3 nitrogen and oxygen atoms in total. The molecule has 0 aliphatic carbocycles. The molecule has 5 heteroatoms. The Morgan fingerprint density at radius 2 is 2.24 bits per heavy atom. The molecule has 0 aliphatic heterocycles. The van der Waals surface area contributed by atoms with Crippen LogP contribution >= 0.6 is 22.7 Å². The SMILES string of the molecule is O=C(CCc1cccs1)NCCc1nccs1. The molecular weight excluding hydrogens is 252 g/mol. The molecule has 2 aromatic heterocycles. The molecule has 2 rings (SSSR count). The molecule has 17 heavy (non-hydrogen) atoms. The first-order valence-corrected chi connectivity index (χ1v) is 7.28. The molecule has 0 atom stereocenters. The third kappa shape index (κ3) is 4.28. The van der Waals surface area contributed by atoms with Crippen LogP contribution in [-0.4, -0.2) is 17.4 Å². The van der Waals surface area contributed by atoms with Crippen molar-refractivity contribution < 1.29 is 4.79 Å². The predicted molar refractivity (Wildman–Crippen MR) is 71.5 cm³/mol. The maximum Gasteiger partial charge on any atom is 0.220 e. The Morgan fingerprint density at radius 3 is 2.94 bits per heavy atom. The van der Waals surface area contributed by atoms with Crippen LogP contribution < -0.4 is 5.32 Å². The van der Waals surface area contributed by atoms with Crippen molar-refractivity contribution in [2.24, 2.45) is 0 Å². The number of nitrogens with zero attached hydrogens (tertiary/aromatic N) is 1. The van der Waals surface area contributed by atoms with Crippen molar-refractivity contribution >= 4 is 28.6 Å². The number of nitrogens with one attached hydrogen (secondary N) is 1. The maximum absolute atomic E-state index is 11.5. The monoisotopic (exact) mass is 266 g/mol. The third-order valence-electron chi connectivity index (χ3n) is 2.32. The Morgan fingerprint density at radius 1 is 1.29 bits per heavy atom. The van der Waals surface area contributed by atoms with Gasteiger partial charge in [0, 0.05) is 35.8 Å². The van der Waals surface area contributed by atoms with Crippen LogP contribution in [0.15, 0.2) is 29.1 Å². The normalized spacial score (nSPS) is 10.4. The van der Waals surface area contributed by atoms with Crippen molar-refractivity contribution in [1.82, 2.24) is 10.3 Å². The first-order chi connectivity index (χ1) is 8.34. The van der Waals surface area contributed by atoms with Gasteiger partial charge in [0.05, 0.1) is 5.01 Å². The van der Waals surface area contributed by atoms with Gasteiger partial charge >= 0.3 is 0 Å². The number of hydrogen-bond donors (Lipinski definition) is 1. The highest BCUT2D eigenvalue weighted by molar-refractivity contribution is 7.10. The topological polar surface area (TPSA) is 42.0 Å². The van der Waals surface area contributed by atoms with Gasteiger partial charge in [-0.15, -0.1) is 22.7 Å². The van der Waals surface area contributed by atoms with Crippen LogP contribution in [0.2, 0.25) is 0 Å². The molecular formula is C12H14N2OS2. The van der Waals surface area contributed by atoms with Crippen molar-refractivity contribution in [2.75, 3.05) is 6.54 Å². The van der Waals surface area contributed by atoms with Crippen LogP contribution in [0.4, 0.5) is 0 Å². The van der Waals surface area contributed by atoms with E-state index in [9.17, 15) is 4.79 Å². The summed E-state index contributed by atoms with van der Waals surface area (Å²) in [6, 6.07) is 4.08. The second-order valence-electron chi connectivity index (χ2n) is 3.61. The first kappa shape index (κ1) is 12.3. The lowest BCUT2D eigenvalue weighted by Crippen LogP contribution is -2.25. The molecule has 0 spiro atoms. The highest BCUT2D eigenvalue weighted by Gasteiger charge is 2.03. The number of carbonyl (C=O) groups excluding carboxylic acids is 1. The minimum absolute atomic E-state index is 0.120. The number of hydrogen-bond acceptors (Lipinski definition) is 4. The van der Waals surface area contributed by atoms with E-state index < -0.39 is 0 Å². The largest absolute Gasteiger partial charge is 0.356 e. The van der Waals surface area contributed by atoms with Crippen LogP contribution in [0.1, 0.15) is 16.3 Å². The molecule has 0 fully saturated rings. The van der Waals surface area contributed by atoms with E-state index in [1.807, 2.05) is 16.8 Å². The number of thiophene rings is 1. The van der Waals surface area contributed by atoms with Gasteiger partial charge in [0.15, 0.2) is 0 Å². The van der Waals surface area contributed by atoms with Crippen LogP contribution in [-0.2, 0) is 17.6 Å². The summed E-state index contributed by atoms with van der Waals surface area (Å²) >= 11 is 3.32. The summed E-state index contributed by atoms with van der Waals surface area (Å²) in [5.41, 5.74) is 0. The molecule has 2 heterocycles. The number of rotatable bonds is 6. The summed E-state index contributed by atoms with van der Waals surface area (Å²) in [4.78, 5) is 17.0. The van der Waals surface area contributed by atoms with Crippen LogP contribution in [0.25, 0.3) is 0 Å². The molecule has 0 aromatic carbocycles. The van der Waals surface area contributed by atoms with Gasteiger partial charge in [0.2, 0.25) is 5.91 Å². The van der Waals surface area contributed by atoms with Gasteiger partial charge < -0.3 is 5.32 Å². The average Bonchev–Trinajstić information content (AvgIpc) is 2.99. The van der Waals surface area contributed by atoms with Crippen LogP contribution in [0.5, 0.6) is 0 Å². The molecule has 1 N–H and O–H groups in total. The van der Waals surface area contributed by atoms with Crippen molar-refractivity contribution in [2.45, 2.75) is 19.3 Å².